The van der Waals surface area contributed by atoms with Gasteiger partial charge in [-0.15, -0.1) is 6.42 Å². The molecule has 1 heterocycles. The Labute approximate surface area is 137 Å². The number of terminal acetylenes is 1. The smallest absolute Gasteiger partial charge is 0.272 e. The number of H-pyrrole nitrogens is 1. The largest absolute Gasteiger partial charge is 0.481 e. The maximum Gasteiger partial charge on any atom is 0.272 e. The van der Waals surface area contributed by atoms with Gasteiger partial charge in [0, 0.05) is 12.2 Å². The van der Waals surface area contributed by atoms with Crippen LogP contribution in [0.3, 0.4) is 0 Å². The number of amides is 1. The molecule has 0 spiro atoms. The van der Waals surface area contributed by atoms with Gasteiger partial charge in [-0.2, -0.15) is 5.10 Å². The normalized spacial score (nSPS) is 10.0. The van der Waals surface area contributed by atoms with Crippen LogP contribution >= 0.6 is 15.9 Å². The number of nitrogens with one attached hydrogen (secondary N) is 2. The quantitative estimate of drug-likeness (QED) is 0.776. The number of ether oxygens (including phenoxy) is 1. The molecular formula is C16H16BrN3O2. The SMILES string of the molecule is C#CCOc1ccc(CCNC(=O)c2n[nH]c(C)c2Br)cc1. The molecule has 22 heavy (non-hydrogen) atoms. The highest BCUT2D eigenvalue weighted by Crippen LogP contribution is 2.17. The van der Waals surface area contributed by atoms with Gasteiger partial charge in [0.1, 0.15) is 12.4 Å². The second-order valence-electron chi connectivity index (χ2n) is 4.65. The minimum atomic E-state index is -0.204. The van der Waals surface area contributed by atoms with Crippen molar-refractivity contribution in [3.63, 3.8) is 0 Å². The zero-order valence-electron chi connectivity index (χ0n) is 12.1. The molecule has 0 saturated heterocycles. The molecule has 0 radical (unpaired) electrons. The van der Waals surface area contributed by atoms with Crippen molar-refractivity contribution in [2.24, 2.45) is 0 Å². The Morgan fingerprint density at radius 3 is 2.77 bits per heavy atom. The topological polar surface area (TPSA) is 67.0 Å². The fourth-order valence-corrected chi connectivity index (χ4v) is 2.20. The minimum absolute atomic E-state index is 0.204. The summed E-state index contributed by atoms with van der Waals surface area (Å²) in [5.41, 5.74) is 2.30. The van der Waals surface area contributed by atoms with E-state index >= 15 is 0 Å². The Morgan fingerprint density at radius 1 is 1.45 bits per heavy atom. The molecule has 0 unspecified atom stereocenters. The number of aromatic amines is 1. The van der Waals surface area contributed by atoms with E-state index < -0.39 is 0 Å². The number of hydrogen-bond acceptors (Lipinski definition) is 3. The monoisotopic (exact) mass is 361 g/mol. The van der Waals surface area contributed by atoms with Crippen molar-refractivity contribution in [2.75, 3.05) is 13.2 Å². The van der Waals surface area contributed by atoms with Crippen LogP contribution in [0.4, 0.5) is 0 Å². The van der Waals surface area contributed by atoms with Gasteiger partial charge in [0.05, 0.1) is 4.47 Å². The van der Waals surface area contributed by atoms with E-state index in [9.17, 15) is 4.79 Å². The molecule has 0 aliphatic heterocycles. The van der Waals surface area contributed by atoms with E-state index in [1.807, 2.05) is 31.2 Å². The van der Waals surface area contributed by atoms with Crippen LogP contribution in [0.1, 0.15) is 21.7 Å². The van der Waals surface area contributed by atoms with E-state index in [1.54, 1.807) is 0 Å². The van der Waals surface area contributed by atoms with Crippen molar-refractivity contribution in [3.8, 4) is 18.1 Å². The third kappa shape index (κ3) is 4.12. The van der Waals surface area contributed by atoms with Gasteiger partial charge in [-0.1, -0.05) is 18.1 Å². The lowest BCUT2D eigenvalue weighted by Gasteiger charge is -2.06. The number of hydrogen-bond donors (Lipinski definition) is 2. The predicted octanol–water partition coefficient (Wildman–Crippen LogP) is 2.47. The predicted molar refractivity (Wildman–Crippen MR) is 87.8 cm³/mol. The van der Waals surface area contributed by atoms with Crippen molar-refractivity contribution in [1.29, 1.82) is 0 Å². The van der Waals surface area contributed by atoms with Crippen molar-refractivity contribution in [2.45, 2.75) is 13.3 Å². The van der Waals surface area contributed by atoms with Gasteiger partial charge in [0.25, 0.3) is 5.91 Å². The van der Waals surface area contributed by atoms with E-state index in [4.69, 9.17) is 11.2 Å². The molecule has 1 amide bonds. The average Bonchev–Trinajstić information content (AvgIpc) is 2.86. The summed E-state index contributed by atoms with van der Waals surface area (Å²) in [6.07, 6.45) is 5.86. The van der Waals surface area contributed by atoms with Crippen LogP contribution in [0.5, 0.6) is 5.75 Å². The van der Waals surface area contributed by atoms with Crippen molar-refractivity contribution >= 4 is 21.8 Å². The fourth-order valence-electron chi connectivity index (χ4n) is 1.85. The standard InChI is InChI=1S/C16H16BrN3O2/c1-3-10-22-13-6-4-12(5-7-13)8-9-18-16(21)15-14(17)11(2)19-20-15/h1,4-7H,8-10H2,2H3,(H,18,21)(H,19,20). The second-order valence-corrected chi connectivity index (χ2v) is 5.45. The molecule has 2 rings (SSSR count). The lowest BCUT2D eigenvalue weighted by Crippen LogP contribution is -2.26. The van der Waals surface area contributed by atoms with Crippen LogP contribution in [0.25, 0.3) is 0 Å². The average molecular weight is 362 g/mol. The molecule has 2 N–H and O–H groups in total. The summed E-state index contributed by atoms with van der Waals surface area (Å²) < 4.78 is 6.00. The molecule has 0 aliphatic carbocycles. The number of nitrogens with zero attached hydrogens (tertiary/aromatic N) is 1. The molecule has 5 nitrogen and oxygen atoms in total. The molecule has 0 bridgehead atoms. The first kappa shape index (κ1) is 16.1. The molecule has 0 saturated carbocycles. The lowest BCUT2D eigenvalue weighted by molar-refractivity contribution is 0.0948. The van der Waals surface area contributed by atoms with Gasteiger partial charge in [-0.25, -0.2) is 0 Å². The van der Waals surface area contributed by atoms with E-state index in [0.29, 0.717) is 16.7 Å². The van der Waals surface area contributed by atoms with E-state index in [0.717, 1.165) is 23.4 Å². The zero-order chi connectivity index (χ0) is 15.9. The summed E-state index contributed by atoms with van der Waals surface area (Å²) >= 11 is 3.33. The van der Waals surface area contributed by atoms with Gasteiger partial charge in [-0.05, 0) is 47.0 Å². The summed E-state index contributed by atoms with van der Waals surface area (Å²) in [6.45, 7) is 2.63. The van der Waals surface area contributed by atoms with Crippen LogP contribution in [-0.2, 0) is 6.42 Å². The first-order valence-corrected chi connectivity index (χ1v) is 7.55. The lowest BCUT2D eigenvalue weighted by atomic mass is 10.1. The van der Waals surface area contributed by atoms with Crippen LogP contribution < -0.4 is 10.1 Å². The highest BCUT2D eigenvalue weighted by atomic mass is 79.9. The summed E-state index contributed by atoms with van der Waals surface area (Å²) in [4.78, 5) is 12.0. The number of carbonyl (C=O) groups is 1. The van der Waals surface area contributed by atoms with Crippen molar-refractivity contribution in [3.05, 3.63) is 45.7 Å². The maximum absolute atomic E-state index is 12.0. The van der Waals surface area contributed by atoms with Gasteiger partial charge >= 0.3 is 0 Å². The summed E-state index contributed by atoms with van der Waals surface area (Å²) in [5.74, 6) is 2.95. The molecular weight excluding hydrogens is 346 g/mol. The van der Waals surface area contributed by atoms with E-state index in [1.165, 1.54) is 0 Å². The highest BCUT2D eigenvalue weighted by Gasteiger charge is 2.14. The van der Waals surface area contributed by atoms with Crippen LogP contribution in [0, 0.1) is 19.3 Å². The number of halogens is 1. The molecule has 6 heteroatoms. The van der Waals surface area contributed by atoms with Crippen molar-refractivity contribution in [1.82, 2.24) is 15.5 Å². The number of rotatable bonds is 6. The number of benzene rings is 1. The number of carbonyl (C=O) groups excluding carboxylic acids is 1. The van der Waals surface area contributed by atoms with Crippen LogP contribution in [-0.4, -0.2) is 29.3 Å². The number of aromatic nitrogens is 2. The van der Waals surface area contributed by atoms with Crippen molar-refractivity contribution < 1.29 is 9.53 Å². The summed E-state index contributed by atoms with van der Waals surface area (Å²) in [7, 11) is 0. The van der Waals surface area contributed by atoms with E-state index in [2.05, 4.69) is 37.4 Å². The zero-order valence-corrected chi connectivity index (χ0v) is 13.7. The fraction of sp³-hybridized carbons (Fsp3) is 0.250. The molecule has 1 aromatic heterocycles. The van der Waals surface area contributed by atoms with E-state index in [-0.39, 0.29) is 12.5 Å². The Bertz CT molecular complexity index is 686. The number of aryl methyl sites for hydroxylation is 1. The third-order valence-corrected chi connectivity index (χ3v) is 4.00. The molecule has 0 fully saturated rings. The Hall–Kier alpha value is -2.26. The van der Waals surface area contributed by atoms with Gasteiger partial charge in [0.2, 0.25) is 0 Å². The first-order valence-electron chi connectivity index (χ1n) is 6.75. The molecule has 0 atom stereocenters. The van der Waals surface area contributed by atoms with Crippen LogP contribution in [0.2, 0.25) is 0 Å². The second kappa shape index (κ2) is 7.66. The first-order chi connectivity index (χ1) is 10.6. The Balaban J connectivity index is 1.82. The molecule has 0 aliphatic rings. The maximum atomic E-state index is 12.0. The van der Waals surface area contributed by atoms with Gasteiger partial charge < -0.3 is 10.1 Å². The molecule has 2 aromatic rings. The Morgan fingerprint density at radius 2 is 2.18 bits per heavy atom. The summed E-state index contributed by atoms with van der Waals surface area (Å²) in [5, 5.41) is 9.57. The highest BCUT2D eigenvalue weighted by molar-refractivity contribution is 9.10. The molecule has 114 valence electrons. The van der Waals surface area contributed by atoms with Gasteiger partial charge in [0.15, 0.2) is 5.69 Å². The molecule has 1 aromatic carbocycles. The van der Waals surface area contributed by atoms with Crippen LogP contribution in [0.15, 0.2) is 28.7 Å². The summed E-state index contributed by atoms with van der Waals surface area (Å²) in [6, 6.07) is 7.63. The third-order valence-electron chi connectivity index (χ3n) is 3.03. The minimum Gasteiger partial charge on any atom is -0.481 e. The Kier molecular flexibility index (Phi) is 5.61. The van der Waals surface area contributed by atoms with Gasteiger partial charge in [-0.3, -0.25) is 9.89 Å².